The third-order valence-electron chi connectivity index (χ3n) is 4.64. The van der Waals surface area contributed by atoms with Crippen LogP contribution in [0.5, 0.6) is 0 Å². The summed E-state index contributed by atoms with van der Waals surface area (Å²) in [5, 5.41) is 19.3. The van der Waals surface area contributed by atoms with Crippen LogP contribution in [0.3, 0.4) is 0 Å². The normalized spacial score (nSPS) is 22.5. The van der Waals surface area contributed by atoms with Crippen molar-refractivity contribution in [3.8, 4) is 0 Å². The number of nitrogens with zero attached hydrogens (tertiary/aromatic N) is 2. The van der Waals surface area contributed by atoms with Gasteiger partial charge >= 0.3 is 6.09 Å². The minimum Gasteiger partial charge on any atom is -0.443 e. The molecular weight excluding hydrogens is 425 g/mol. The van der Waals surface area contributed by atoms with Gasteiger partial charge in [0.15, 0.2) is 0 Å². The molecule has 1 amide bonds. The van der Waals surface area contributed by atoms with E-state index in [4.69, 9.17) is 10.5 Å². The highest BCUT2D eigenvalue weighted by atomic mass is 127. The summed E-state index contributed by atoms with van der Waals surface area (Å²) in [5.41, 5.74) is 5.34. The second-order valence-corrected chi connectivity index (χ2v) is 7.85. The van der Waals surface area contributed by atoms with Gasteiger partial charge in [0, 0.05) is 22.2 Å². The van der Waals surface area contributed by atoms with Crippen LogP contribution >= 0.6 is 22.6 Å². The molecule has 0 bridgehead atoms. The first-order chi connectivity index (χ1) is 11.2. The number of hydrogen-bond acceptors (Lipinski definition) is 6. The third-order valence-corrected chi connectivity index (χ3v) is 5.57. The van der Waals surface area contributed by atoms with Crippen LogP contribution < -0.4 is 10.6 Å². The number of ether oxygens (including phenoxy) is 1. The Balaban J connectivity index is 2.25. The fraction of sp³-hybridized carbons (Fsp3) is 0.625. The van der Waals surface area contributed by atoms with Crippen LogP contribution in [0.4, 0.5) is 10.6 Å². The number of primary amides is 1. The number of hydrogen-bond donors (Lipinski definition) is 3. The third kappa shape index (κ3) is 4.09. The lowest BCUT2D eigenvalue weighted by Gasteiger charge is -2.32. The minimum absolute atomic E-state index is 0.0209. The van der Waals surface area contributed by atoms with Gasteiger partial charge in [0.2, 0.25) is 0 Å². The standard InChI is InChI=1S/C16H24IN3O4/c1-9(16(2,3)24-15(18)23)12-6-19-14(5-13(12)17)20-7-11(22)4-10(20)8-21/h5-6,9-11,21-22H,4,7-8H2,1-3H3,(H2,18,23)/t9?,10-,11-/m0/s1. The average molecular weight is 449 g/mol. The fourth-order valence-electron chi connectivity index (χ4n) is 2.97. The number of halogens is 1. The Kier molecular flexibility index (Phi) is 5.92. The lowest BCUT2D eigenvalue weighted by Crippen LogP contribution is -2.36. The lowest BCUT2D eigenvalue weighted by atomic mass is 9.87. The van der Waals surface area contributed by atoms with Crippen LogP contribution in [-0.2, 0) is 4.74 Å². The second-order valence-electron chi connectivity index (χ2n) is 6.69. The Hall–Kier alpha value is -1.13. The summed E-state index contributed by atoms with van der Waals surface area (Å²) in [5.74, 6) is 0.621. The van der Waals surface area contributed by atoms with Crippen molar-refractivity contribution in [3.05, 3.63) is 21.4 Å². The van der Waals surface area contributed by atoms with E-state index in [1.165, 1.54) is 0 Å². The van der Waals surface area contributed by atoms with E-state index in [1.807, 2.05) is 31.7 Å². The second kappa shape index (κ2) is 7.40. The van der Waals surface area contributed by atoms with Crippen molar-refractivity contribution >= 4 is 34.5 Å². The zero-order valence-electron chi connectivity index (χ0n) is 14.1. The number of carbonyl (C=O) groups is 1. The van der Waals surface area contributed by atoms with Crippen molar-refractivity contribution in [1.29, 1.82) is 0 Å². The summed E-state index contributed by atoms with van der Waals surface area (Å²) in [6, 6.07) is 1.80. The molecule has 0 aliphatic carbocycles. The molecule has 1 aromatic rings. The monoisotopic (exact) mass is 449 g/mol. The van der Waals surface area contributed by atoms with Crippen molar-refractivity contribution < 1.29 is 19.7 Å². The van der Waals surface area contributed by atoms with E-state index in [-0.39, 0.29) is 18.6 Å². The molecule has 0 aromatic carbocycles. The number of β-amino-alcohol motifs (C(OH)–C–C–N with tert-alkyl or cyclic N) is 1. The number of nitrogens with two attached hydrogens (primary N) is 1. The van der Waals surface area contributed by atoms with Gasteiger partial charge in [-0.05, 0) is 54.5 Å². The molecule has 8 heteroatoms. The summed E-state index contributed by atoms with van der Waals surface area (Å²) in [6.07, 6.45) is 1.03. The maximum atomic E-state index is 11.1. The smallest absolute Gasteiger partial charge is 0.405 e. The molecule has 2 heterocycles. The molecule has 1 fully saturated rings. The van der Waals surface area contributed by atoms with Gasteiger partial charge in [-0.3, -0.25) is 0 Å². The van der Waals surface area contributed by atoms with E-state index in [1.54, 1.807) is 6.20 Å². The van der Waals surface area contributed by atoms with Crippen molar-refractivity contribution in [2.75, 3.05) is 18.1 Å². The Morgan fingerprint density at radius 3 is 2.83 bits per heavy atom. The maximum Gasteiger partial charge on any atom is 0.405 e. The Bertz CT molecular complexity index is 611. The van der Waals surface area contributed by atoms with Crippen LogP contribution in [0.25, 0.3) is 0 Å². The molecule has 134 valence electrons. The Morgan fingerprint density at radius 2 is 2.29 bits per heavy atom. The van der Waals surface area contributed by atoms with Gasteiger partial charge in [-0.25, -0.2) is 9.78 Å². The van der Waals surface area contributed by atoms with E-state index in [2.05, 4.69) is 27.6 Å². The van der Waals surface area contributed by atoms with Gasteiger partial charge in [0.25, 0.3) is 0 Å². The number of rotatable bonds is 5. The molecule has 1 aliphatic heterocycles. The molecule has 1 unspecified atom stereocenters. The van der Waals surface area contributed by atoms with Crippen LogP contribution in [0, 0.1) is 3.57 Å². The topological polar surface area (TPSA) is 109 Å². The Labute approximate surface area is 155 Å². The van der Waals surface area contributed by atoms with Crippen molar-refractivity contribution in [2.24, 2.45) is 5.73 Å². The average Bonchev–Trinajstić information content (AvgIpc) is 2.86. The van der Waals surface area contributed by atoms with Gasteiger partial charge in [-0.1, -0.05) is 6.92 Å². The van der Waals surface area contributed by atoms with Crippen molar-refractivity contribution in [2.45, 2.75) is 50.9 Å². The molecule has 0 saturated carbocycles. The van der Waals surface area contributed by atoms with Crippen molar-refractivity contribution in [1.82, 2.24) is 4.98 Å². The number of aliphatic hydroxyl groups excluding tert-OH is 2. The van der Waals surface area contributed by atoms with Gasteiger partial charge in [0.1, 0.15) is 11.4 Å². The first kappa shape index (κ1) is 19.2. The highest BCUT2D eigenvalue weighted by Crippen LogP contribution is 2.35. The summed E-state index contributed by atoms with van der Waals surface area (Å²) in [6.45, 7) is 6.01. The molecule has 0 radical (unpaired) electrons. The van der Waals surface area contributed by atoms with E-state index in [0.717, 1.165) is 15.0 Å². The minimum atomic E-state index is -0.803. The molecular formula is C16H24IN3O4. The molecule has 2 rings (SSSR count). The number of carbonyl (C=O) groups excluding carboxylic acids is 1. The Morgan fingerprint density at radius 1 is 1.62 bits per heavy atom. The first-order valence-corrected chi connectivity index (χ1v) is 8.93. The zero-order valence-corrected chi connectivity index (χ0v) is 16.2. The molecule has 24 heavy (non-hydrogen) atoms. The number of amides is 1. The van der Waals surface area contributed by atoms with Gasteiger partial charge in [-0.2, -0.15) is 0 Å². The lowest BCUT2D eigenvalue weighted by molar-refractivity contribution is 0.0279. The molecule has 4 N–H and O–H groups in total. The van der Waals surface area contributed by atoms with E-state index >= 15 is 0 Å². The number of pyridine rings is 1. The predicted molar refractivity (Wildman–Crippen MR) is 99.0 cm³/mol. The fourth-order valence-corrected chi connectivity index (χ4v) is 3.86. The van der Waals surface area contributed by atoms with E-state index in [0.29, 0.717) is 13.0 Å². The summed E-state index contributed by atoms with van der Waals surface area (Å²) >= 11 is 2.22. The van der Waals surface area contributed by atoms with E-state index < -0.39 is 17.8 Å². The summed E-state index contributed by atoms with van der Waals surface area (Å²) < 4.78 is 6.19. The summed E-state index contributed by atoms with van der Waals surface area (Å²) in [4.78, 5) is 17.5. The molecule has 0 spiro atoms. The molecule has 1 aliphatic rings. The molecule has 3 atom stereocenters. The number of aromatic nitrogens is 1. The maximum absolute atomic E-state index is 11.1. The molecule has 7 nitrogen and oxygen atoms in total. The van der Waals surface area contributed by atoms with Crippen LogP contribution in [0.1, 0.15) is 38.7 Å². The number of aliphatic hydroxyl groups is 2. The summed E-state index contributed by atoms with van der Waals surface area (Å²) in [7, 11) is 0. The van der Waals surface area contributed by atoms with Crippen molar-refractivity contribution in [3.63, 3.8) is 0 Å². The SMILES string of the molecule is CC(c1cnc(N2C[C@@H](O)C[C@H]2CO)cc1I)C(C)(C)OC(N)=O. The van der Waals surface area contributed by atoms with Crippen LogP contribution in [-0.4, -0.2) is 52.2 Å². The number of anilines is 1. The highest BCUT2D eigenvalue weighted by molar-refractivity contribution is 14.1. The van der Waals surface area contributed by atoms with Gasteiger partial charge in [0.05, 0.1) is 18.8 Å². The van der Waals surface area contributed by atoms with Gasteiger partial charge in [-0.15, -0.1) is 0 Å². The first-order valence-electron chi connectivity index (χ1n) is 7.85. The van der Waals surface area contributed by atoms with E-state index in [9.17, 15) is 15.0 Å². The highest BCUT2D eigenvalue weighted by Gasteiger charge is 2.34. The van der Waals surface area contributed by atoms with Crippen LogP contribution in [0.2, 0.25) is 0 Å². The molecule has 1 saturated heterocycles. The zero-order chi connectivity index (χ0) is 18.1. The van der Waals surface area contributed by atoms with Gasteiger partial charge < -0.3 is 25.6 Å². The molecule has 1 aromatic heterocycles. The largest absolute Gasteiger partial charge is 0.443 e. The van der Waals surface area contributed by atoms with Crippen LogP contribution in [0.15, 0.2) is 12.3 Å². The predicted octanol–water partition coefficient (Wildman–Crippen LogP) is 1.60. The quantitative estimate of drug-likeness (QED) is 0.590.